The normalized spacial score (nSPS) is 25.2. The summed E-state index contributed by atoms with van der Waals surface area (Å²) in [4.78, 5) is 0. The van der Waals surface area contributed by atoms with Crippen LogP contribution in [0.25, 0.3) is 0 Å². The Bertz CT molecular complexity index is 490. The molecule has 1 atom stereocenters. The van der Waals surface area contributed by atoms with E-state index in [4.69, 9.17) is 11.6 Å². The highest BCUT2D eigenvalue weighted by Gasteiger charge is 2.35. The molecule has 1 N–H and O–H groups in total. The summed E-state index contributed by atoms with van der Waals surface area (Å²) in [7, 11) is 0. The number of halogens is 1. The first-order valence-electron chi connectivity index (χ1n) is 6.72. The number of aliphatic hydroxyl groups is 1. The van der Waals surface area contributed by atoms with Crippen molar-refractivity contribution in [1.82, 2.24) is 0 Å². The molecule has 1 unspecified atom stereocenters. The molecule has 3 nitrogen and oxygen atoms in total. The summed E-state index contributed by atoms with van der Waals surface area (Å²) >= 11 is 4.61. The Balaban J connectivity index is 2.30. The monoisotopic (exact) mass is 313 g/mol. The van der Waals surface area contributed by atoms with Crippen molar-refractivity contribution in [3.8, 4) is 0 Å². The van der Waals surface area contributed by atoms with Gasteiger partial charge in [-0.3, -0.25) is 0 Å². The minimum Gasteiger partial charge on any atom is -0.591 e. The van der Waals surface area contributed by atoms with Crippen LogP contribution < -0.4 is 0 Å². The van der Waals surface area contributed by atoms with Gasteiger partial charge in [0, 0.05) is 16.5 Å². The molecule has 5 heteroatoms. The number of benzene rings is 1. The Hall–Kier alpha value is -0.550. The Morgan fingerprint density at radius 2 is 1.85 bits per heavy atom. The van der Waals surface area contributed by atoms with Crippen LogP contribution in [0.4, 0.5) is 0 Å². The van der Waals surface area contributed by atoms with Crippen molar-refractivity contribution >= 4 is 28.7 Å². The van der Waals surface area contributed by atoms with Crippen LogP contribution in [0.5, 0.6) is 0 Å². The molecule has 0 aromatic heterocycles. The Kier molecular flexibility index (Phi) is 4.80. The Morgan fingerprint density at radius 3 is 2.30 bits per heavy atom. The van der Waals surface area contributed by atoms with Gasteiger partial charge in [0.05, 0.1) is 6.10 Å². The summed E-state index contributed by atoms with van der Waals surface area (Å²) < 4.78 is 16.3. The number of rotatable bonds is 3. The van der Waals surface area contributed by atoms with Crippen LogP contribution in [0.1, 0.15) is 39.2 Å². The predicted molar refractivity (Wildman–Crippen MR) is 84.6 cm³/mol. The zero-order chi connectivity index (χ0) is 14.9. The highest BCUT2D eigenvalue weighted by atomic mass is 35.5. The van der Waals surface area contributed by atoms with Crippen molar-refractivity contribution in [2.75, 3.05) is 0 Å². The van der Waals surface area contributed by atoms with E-state index in [2.05, 4.69) is 4.40 Å². The van der Waals surface area contributed by atoms with E-state index >= 15 is 0 Å². The molecule has 2 rings (SSSR count). The molecule has 0 aliphatic heterocycles. The minimum atomic E-state index is -1.30. The summed E-state index contributed by atoms with van der Waals surface area (Å²) in [6.07, 6.45) is 1.10. The summed E-state index contributed by atoms with van der Waals surface area (Å²) in [5.74, 6) is 0.178. The second-order valence-electron chi connectivity index (χ2n) is 6.17. The van der Waals surface area contributed by atoms with Crippen molar-refractivity contribution in [2.24, 2.45) is 10.3 Å². The van der Waals surface area contributed by atoms with Gasteiger partial charge in [0.2, 0.25) is 0 Å². The van der Waals surface area contributed by atoms with Crippen LogP contribution in [0.3, 0.4) is 0 Å². The quantitative estimate of drug-likeness (QED) is 0.687. The fourth-order valence-electron chi connectivity index (χ4n) is 2.02. The minimum absolute atomic E-state index is 0.178. The smallest absolute Gasteiger partial charge is 0.144 e. The highest BCUT2D eigenvalue weighted by molar-refractivity contribution is 7.91. The van der Waals surface area contributed by atoms with Crippen LogP contribution in [0, 0.1) is 5.92 Å². The molecule has 110 valence electrons. The van der Waals surface area contributed by atoms with Crippen LogP contribution in [-0.4, -0.2) is 26.2 Å². The van der Waals surface area contributed by atoms with Crippen molar-refractivity contribution in [3.63, 3.8) is 0 Å². The number of hydrogen-bond acceptors (Lipinski definition) is 3. The van der Waals surface area contributed by atoms with Gasteiger partial charge in [-0.1, -0.05) is 28.1 Å². The van der Waals surface area contributed by atoms with E-state index < -0.39 is 11.4 Å². The molecule has 0 amide bonds. The molecule has 0 radical (unpaired) electrons. The maximum absolute atomic E-state index is 12.3. The van der Waals surface area contributed by atoms with Crippen LogP contribution in [-0.2, 0) is 11.4 Å². The molecule has 1 saturated carbocycles. The van der Waals surface area contributed by atoms with Gasteiger partial charge in [0.25, 0.3) is 0 Å². The largest absolute Gasteiger partial charge is 0.591 e. The zero-order valence-corrected chi connectivity index (χ0v) is 13.5. The molecule has 20 heavy (non-hydrogen) atoms. The standard InChI is InChI=1S/C15H20ClNO2S/c1-15(2,3)20(19)17-14(11-8-13(18)9-11)10-4-6-12(16)7-5-10/h4-7,11,13,18H,8-9H2,1-3H3. The lowest BCUT2D eigenvalue weighted by Gasteiger charge is -2.32. The van der Waals surface area contributed by atoms with E-state index in [1.807, 2.05) is 45.0 Å². The first-order chi connectivity index (χ1) is 9.27. The lowest BCUT2D eigenvalue weighted by Crippen LogP contribution is -2.36. The second kappa shape index (κ2) is 6.06. The molecular formula is C15H20ClNO2S. The van der Waals surface area contributed by atoms with Gasteiger partial charge in [0.15, 0.2) is 0 Å². The van der Waals surface area contributed by atoms with E-state index in [1.165, 1.54) is 0 Å². The molecule has 1 fully saturated rings. The van der Waals surface area contributed by atoms with E-state index in [0.29, 0.717) is 17.9 Å². The molecule has 0 heterocycles. The van der Waals surface area contributed by atoms with Gasteiger partial charge in [0.1, 0.15) is 21.8 Å². The first-order valence-corrected chi connectivity index (χ1v) is 8.20. The third-order valence-electron chi connectivity index (χ3n) is 3.34. The van der Waals surface area contributed by atoms with Gasteiger partial charge >= 0.3 is 0 Å². The lowest BCUT2D eigenvalue weighted by atomic mass is 9.77. The number of nitrogens with zero attached hydrogens (tertiary/aromatic N) is 1. The van der Waals surface area contributed by atoms with Crippen LogP contribution >= 0.6 is 11.6 Å². The molecule has 1 aliphatic rings. The SMILES string of the molecule is CC(C)(C)[S+]([O-])N=C(c1ccc(Cl)cc1)C1CC(O)C1. The predicted octanol–water partition coefficient (Wildman–Crippen LogP) is 3.36. The van der Waals surface area contributed by atoms with E-state index in [0.717, 1.165) is 11.3 Å². The van der Waals surface area contributed by atoms with Crippen LogP contribution in [0.2, 0.25) is 5.02 Å². The second-order valence-corrected chi connectivity index (χ2v) is 8.51. The Morgan fingerprint density at radius 1 is 1.30 bits per heavy atom. The van der Waals surface area contributed by atoms with Gasteiger partial charge in [-0.2, -0.15) is 0 Å². The van der Waals surface area contributed by atoms with Crippen LogP contribution in [0.15, 0.2) is 28.7 Å². The third-order valence-corrected chi connectivity index (χ3v) is 5.01. The molecular weight excluding hydrogens is 294 g/mol. The average Bonchev–Trinajstić information content (AvgIpc) is 2.32. The van der Waals surface area contributed by atoms with Gasteiger partial charge < -0.3 is 9.66 Å². The van der Waals surface area contributed by atoms with E-state index in [1.54, 1.807) is 0 Å². The summed E-state index contributed by atoms with van der Waals surface area (Å²) in [6, 6.07) is 7.40. The maximum atomic E-state index is 12.3. The highest BCUT2D eigenvalue weighted by Crippen LogP contribution is 2.33. The fourth-order valence-corrected chi connectivity index (χ4v) is 2.85. The first kappa shape index (κ1) is 15.8. The van der Waals surface area contributed by atoms with Gasteiger partial charge in [-0.15, -0.1) is 0 Å². The molecule has 1 aliphatic carbocycles. The zero-order valence-electron chi connectivity index (χ0n) is 12.0. The third kappa shape index (κ3) is 3.76. The van der Waals surface area contributed by atoms with Crippen molar-refractivity contribution < 1.29 is 9.66 Å². The topological polar surface area (TPSA) is 55.7 Å². The molecule has 1 aromatic carbocycles. The van der Waals surface area contributed by atoms with E-state index in [9.17, 15) is 9.66 Å². The average molecular weight is 314 g/mol. The summed E-state index contributed by atoms with van der Waals surface area (Å²) in [5, 5.41) is 10.2. The van der Waals surface area contributed by atoms with E-state index in [-0.39, 0.29) is 16.8 Å². The maximum Gasteiger partial charge on any atom is 0.144 e. The van der Waals surface area contributed by atoms with Gasteiger partial charge in [-0.05, 0) is 45.7 Å². The lowest BCUT2D eigenvalue weighted by molar-refractivity contribution is 0.0704. The summed E-state index contributed by atoms with van der Waals surface area (Å²) in [5.41, 5.74) is 1.75. The summed E-state index contributed by atoms with van der Waals surface area (Å²) in [6.45, 7) is 5.71. The Labute approximate surface area is 128 Å². The number of hydrogen-bond donors (Lipinski definition) is 1. The molecule has 1 aromatic rings. The van der Waals surface area contributed by atoms with Crippen molar-refractivity contribution in [3.05, 3.63) is 34.9 Å². The number of aliphatic hydroxyl groups excluding tert-OH is 1. The van der Waals surface area contributed by atoms with Crippen molar-refractivity contribution in [2.45, 2.75) is 44.5 Å². The fraction of sp³-hybridized carbons (Fsp3) is 0.533. The molecule has 0 bridgehead atoms. The molecule has 0 spiro atoms. The van der Waals surface area contributed by atoms with Gasteiger partial charge in [-0.25, -0.2) is 0 Å². The van der Waals surface area contributed by atoms with Crippen molar-refractivity contribution in [1.29, 1.82) is 0 Å². The molecule has 0 saturated heterocycles.